The average Bonchev–Trinajstić information content (AvgIpc) is 3.48. The van der Waals surface area contributed by atoms with Crippen molar-refractivity contribution in [3.8, 4) is 0 Å². The van der Waals surface area contributed by atoms with Crippen molar-refractivity contribution in [3.05, 3.63) is 64.6 Å². The first-order chi connectivity index (χ1) is 17.5. The number of nitrogens with one attached hydrogen (secondary N) is 2. The molecule has 2 N–H and O–H groups in total. The molecule has 0 unspecified atom stereocenters. The molecule has 0 saturated carbocycles. The maximum atomic E-state index is 13.3. The molecule has 3 heterocycles. The molecule has 10 heteroatoms. The van der Waals surface area contributed by atoms with Gasteiger partial charge in [-0.15, -0.1) is 0 Å². The highest BCUT2D eigenvalue weighted by Crippen LogP contribution is 2.30. The molecule has 2 aliphatic rings. The van der Waals surface area contributed by atoms with Crippen LogP contribution in [-0.4, -0.2) is 58.8 Å². The molecule has 5 rings (SSSR count). The number of anilines is 1. The molecule has 2 saturated heterocycles. The third-order valence-corrected chi connectivity index (χ3v) is 6.79. The van der Waals surface area contributed by atoms with Gasteiger partial charge in [0, 0.05) is 42.2 Å². The fourth-order valence-electron chi connectivity index (χ4n) is 4.98. The summed E-state index contributed by atoms with van der Waals surface area (Å²) < 4.78 is 5.92. The van der Waals surface area contributed by atoms with Gasteiger partial charge in [-0.25, -0.2) is 0 Å². The molecular weight excluding hydrogens is 462 g/mol. The lowest BCUT2D eigenvalue weighted by molar-refractivity contribution is -0.403. The number of furan rings is 1. The van der Waals surface area contributed by atoms with Gasteiger partial charge in [0.15, 0.2) is 5.82 Å². The maximum Gasteiger partial charge on any atom is 0.274 e. The van der Waals surface area contributed by atoms with Crippen LogP contribution in [0.2, 0.25) is 0 Å². The zero-order chi connectivity index (χ0) is 25.1. The maximum absolute atomic E-state index is 13.3. The number of benzene rings is 2. The van der Waals surface area contributed by atoms with E-state index in [1.807, 2.05) is 36.4 Å². The smallest absolute Gasteiger partial charge is 0.274 e. The molecule has 10 nitrogen and oxygen atoms in total. The van der Waals surface area contributed by atoms with Crippen LogP contribution in [0, 0.1) is 10.1 Å². The third kappa shape index (κ3) is 5.12. The van der Waals surface area contributed by atoms with Crippen LogP contribution in [-0.2, 0) is 9.59 Å². The summed E-state index contributed by atoms with van der Waals surface area (Å²) in [4.78, 5) is 40.1. The first-order valence-electron chi connectivity index (χ1n) is 12.3. The normalized spacial score (nSPS) is 19.1. The number of hydrogen-bond donors (Lipinski definition) is 2. The van der Waals surface area contributed by atoms with Crippen LogP contribution in [0.4, 0.5) is 5.69 Å². The number of fused-ring (bicyclic) bond motifs is 3. The fourth-order valence-corrected chi connectivity index (χ4v) is 4.98. The van der Waals surface area contributed by atoms with Crippen molar-refractivity contribution in [1.82, 2.24) is 15.1 Å². The number of rotatable bonds is 7. The topological polar surface area (TPSA) is 121 Å². The van der Waals surface area contributed by atoms with E-state index in [-0.39, 0.29) is 24.2 Å². The minimum Gasteiger partial charge on any atom is -0.456 e. The van der Waals surface area contributed by atoms with Crippen LogP contribution < -0.4 is 10.6 Å². The summed E-state index contributed by atoms with van der Waals surface area (Å²) in [6, 6.07) is 12.5. The van der Waals surface area contributed by atoms with Crippen LogP contribution in [0.3, 0.4) is 0 Å². The summed E-state index contributed by atoms with van der Waals surface area (Å²) in [6.45, 7) is 2.01. The molecule has 36 heavy (non-hydrogen) atoms. The van der Waals surface area contributed by atoms with E-state index in [0.717, 1.165) is 61.3 Å². The van der Waals surface area contributed by atoms with Crippen LogP contribution in [0.25, 0.3) is 21.9 Å². The predicted octanol–water partition coefficient (Wildman–Crippen LogP) is 3.67. The molecule has 2 amide bonds. The Balaban J connectivity index is 1.32. The number of carbonyl (C=O) groups is 2. The van der Waals surface area contributed by atoms with Gasteiger partial charge in [0.25, 0.3) is 6.20 Å². The quantitative estimate of drug-likeness (QED) is 0.382. The SMILES string of the molecule is O=C(CN1CCCC[C@H](NC(=C[N+](=O)[O-])Nc2ccc3c(c2)oc2ccccc23)C1=O)N1CCCC1. The second-order valence-corrected chi connectivity index (χ2v) is 9.30. The van der Waals surface area contributed by atoms with Crippen molar-refractivity contribution >= 4 is 39.4 Å². The molecule has 3 aromatic rings. The number of likely N-dealkylation sites (tertiary alicyclic amines) is 2. The Morgan fingerprint density at radius 3 is 2.61 bits per heavy atom. The number of para-hydroxylation sites is 1. The highest BCUT2D eigenvalue weighted by Gasteiger charge is 2.31. The molecule has 0 spiro atoms. The van der Waals surface area contributed by atoms with Crippen molar-refractivity contribution in [2.24, 2.45) is 0 Å². The molecule has 2 fully saturated rings. The second-order valence-electron chi connectivity index (χ2n) is 9.30. The van der Waals surface area contributed by atoms with Crippen molar-refractivity contribution in [2.75, 3.05) is 31.5 Å². The zero-order valence-corrected chi connectivity index (χ0v) is 19.9. The average molecular weight is 492 g/mol. The molecule has 1 atom stereocenters. The number of nitro groups is 1. The fraction of sp³-hybridized carbons (Fsp3) is 0.385. The molecular formula is C26H29N5O5. The predicted molar refractivity (Wildman–Crippen MR) is 136 cm³/mol. The van der Waals surface area contributed by atoms with Crippen molar-refractivity contribution in [3.63, 3.8) is 0 Å². The lowest BCUT2D eigenvalue weighted by Crippen LogP contribution is -2.49. The molecule has 2 aromatic carbocycles. The van der Waals surface area contributed by atoms with Crippen molar-refractivity contribution in [1.29, 1.82) is 0 Å². The van der Waals surface area contributed by atoms with E-state index in [1.54, 1.807) is 15.9 Å². The lowest BCUT2D eigenvalue weighted by atomic mass is 10.1. The Kier molecular flexibility index (Phi) is 6.75. The molecule has 1 aromatic heterocycles. The van der Waals surface area contributed by atoms with Gasteiger partial charge in [0.2, 0.25) is 11.8 Å². The summed E-state index contributed by atoms with van der Waals surface area (Å²) in [5.74, 6) is -0.162. The Morgan fingerprint density at radius 2 is 1.81 bits per heavy atom. The van der Waals surface area contributed by atoms with Gasteiger partial charge in [-0.05, 0) is 50.3 Å². The van der Waals surface area contributed by atoms with E-state index in [9.17, 15) is 19.7 Å². The van der Waals surface area contributed by atoms with Crippen LogP contribution in [0.1, 0.15) is 32.1 Å². The van der Waals surface area contributed by atoms with Crippen molar-refractivity contribution < 1.29 is 18.9 Å². The Bertz CT molecular complexity index is 1330. The second kappa shape index (κ2) is 10.3. The number of hydrogen-bond acceptors (Lipinski definition) is 7. The van der Waals surface area contributed by atoms with Crippen LogP contribution in [0.15, 0.2) is 58.9 Å². The van der Waals surface area contributed by atoms with Gasteiger partial charge in [-0.2, -0.15) is 0 Å². The lowest BCUT2D eigenvalue weighted by Gasteiger charge is -2.27. The largest absolute Gasteiger partial charge is 0.456 e. The summed E-state index contributed by atoms with van der Waals surface area (Å²) in [7, 11) is 0. The van der Waals surface area contributed by atoms with E-state index in [0.29, 0.717) is 24.2 Å². The number of nitrogens with zero attached hydrogens (tertiary/aromatic N) is 3. The first kappa shape index (κ1) is 23.7. The van der Waals surface area contributed by atoms with Gasteiger partial charge in [-0.1, -0.05) is 18.2 Å². The number of amides is 2. The van der Waals surface area contributed by atoms with Gasteiger partial charge in [-0.3, -0.25) is 19.7 Å². The Morgan fingerprint density at radius 1 is 1.06 bits per heavy atom. The molecule has 0 aliphatic carbocycles. The molecule has 188 valence electrons. The summed E-state index contributed by atoms with van der Waals surface area (Å²) in [6.07, 6.45) is 4.87. The van der Waals surface area contributed by atoms with E-state index in [4.69, 9.17) is 4.42 Å². The van der Waals surface area contributed by atoms with Crippen LogP contribution >= 0.6 is 0 Å². The van der Waals surface area contributed by atoms with Gasteiger partial charge in [0.1, 0.15) is 17.2 Å². The van der Waals surface area contributed by atoms with E-state index in [1.165, 1.54) is 0 Å². The third-order valence-electron chi connectivity index (χ3n) is 6.79. The number of carbonyl (C=O) groups excluding carboxylic acids is 2. The molecule has 0 bridgehead atoms. The Hall–Kier alpha value is -4.08. The monoisotopic (exact) mass is 491 g/mol. The highest BCUT2D eigenvalue weighted by atomic mass is 16.6. The minimum absolute atomic E-state index is 0.0418. The highest BCUT2D eigenvalue weighted by molar-refractivity contribution is 6.05. The first-order valence-corrected chi connectivity index (χ1v) is 12.3. The van der Waals surface area contributed by atoms with Gasteiger partial charge < -0.3 is 24.9 Å². The van der Waals surface area contributed by atoms with Gasteiger partial charge in [0.05, 0.1) is 11.5 Å². The van der Waals surface area contributed by atoms with Gasteiger partial charge >= 0.3 is 0 Å². The summed E-state index contributed by atoms with van der Waals surface area (Å²) in [5, 5.41) is 19.4. The van der Waals surface area contributed by atoms with E-state index < -0.39 is 11.0 Å². The Labute approximate surface area is 208 Å². The van der Waals surface area contributed by atoms with E-state index in [2.05, 4.69) is 10.6 Å². The van der Waals surface area contributed by atoms with E-state index >= 15 is 0 Å². The molecule has 2 aliphatic heterocycles. The minimum atomic E-state index is -0.674. The standard InChI is InChI=1S/C26H29N5O5/c32-25(29-12-5-6-13-29)17-30-14-4-3-8-21(26(30)33)28-24(16-31(34)35)27-18-10-11-20-19-7-1-2-9-22(19)36-23(20)15-18/h1-2,7,9-11,15-16,21,27-28H,3-6,8,12-14,17H2/t21-/m0/s1. The van der Waals surface area contributed by atoms with Crippen molar-refractivity contribution in [2.45, 2.75) is 38.1 Å². The summed E-state index contributed by atoms with van der Waals surface area (Å²) >= 11 is 0. The van der Waals surface area contributed by atoms with Crippen LogP contribution in [0.5, 0.6) is 0 Å². The summed E-state index contributed by atoms with van der Waals surface area (Å²) in [5.41, 5.74) is 2.00. The molecule has 0 radical (unpaired) electrons. The zero-order valence-electron chi connectivity index (χ0n) is 19.9.